The van der Waals surface area contributed by atoms with E-state index in [1.165, 1.54) is 11.5 Å². The molecule has 114 valence electrons. The molecule has 0 unspecified atom stereocenters. The van der Waals surface area contributed by atoms with E-state index in [1.807, 2.05) is 30.8 Å². The maximum atomic E-state index is 12.1. The van der Waals surface area contributed by atoms with Crippen molar-refractivity contribution in [2.75, 3.05) is 17.6 Å². The van der Waals surface area contributed by atoms with E-state index in [4.69, 9.17) is 5.73 Å². The molecular weight excluding hydrogens is 288 g/mol. The van der Waals surface area contributed by atoms with Gasteiger partial charge in [-0.25, -0.2) is 0 Å². The van der Waals surface area contributed by atoms with Crippen LogP contribution in [-0.4, -0.2) is 32.6 Å². The van der Waals surface area contributed by atoms with Crippen molar-refractivity contribution in [3.63, 3.8) is 0 Å². The molecule has 0 aliphatic rings. The van der Waals surface area contributed by atoms with Crippen LogP contribution in [0.3, 0.4) is 0 Å². The van der Waals surface area contributed by atoms with Gasteiger partial charge in [0.05, 0.1) is 0 Å². The Balaban J connectivity index is 1.89. The second-order valence-corrected chi connectivity index (χ2v) is 5.72. The number of nitrogens with one attached hydrogen (secondary N) is 2. The molecule has 0 saturated heterocycles. The number of aromatic nitrogens is 3. The van der Waals surface area contributed by atoms with E-state index < -0.39 is 0 Å². The van der Waals surface area contributed by atoms with Gasteiger partial charge in [0.25, 0.3) is 5.91 Å². The molecule has 7 nitrogen and oxygen atoms in total. The van der Waals surface area contributed by atoms with Crippen LogP contribution in [0, 0.1) is 0 Å². The van der Waals surface area contributed by atoms with Gasteiger partial charge < -0.3 is 16.4 Å². The molecule has 0 bridgehead atoms. The largest absolute Gasteiger partial charge is 0.382 e. The second-order valence-electron chi connectivity index (χ2n) is 4.95. The molecule has 0 aliphatic heterocycles. The van der Waals surface area contributed by atoms with Gasteiger partial charge in [-0.05, 0) is 37.9 Å². The number of anilines is 2. The van der Waals surface area contributed by atoms with E-state index in [2.05, 4.69) is 20.1 Å². The van der Waals surface area contributed by atoms with Gasteiger partial charge in [0.15, 0.2) is 5.82 Å². The van der Waals surface area contributed by atoms with Gasteiger partial charge in [0, 0.05) is 31.5 Å². The molecule has 1 amide bonds. The highest BCUT2D eigenvalue weighted by molar-refractivity contribution is 7.11. The van der Waals surface area contributed by atoms with Crippen molar-refractivity contribution in [1.29, 1.82) is 0 Å². The molecular formula is C13H20N6OS. The first-order valence-electron chi connectivity index (χ1n) is 6.85. The van der Waals surface area contributed by atoms with E-state index in [1.54, 1.807) is 6.20 Å². The monoisotopic (exact) mass is 308 g/mol. The van der Waals surface area contributed by atoms with Crippen LogP contribution >= 0.6 is 11.5 Å². The number of hydrogen-bond donors (Lipinski definition) is 3. The normalized spacial score (nSPS) is 10.8. The molecule has 0 aliphatic carbocycles. The summed E-state index contributed by atoms with van der Waals surface area (Å²) >= 11 is 1.21. The Bertz CT molecular complexity index is 578. The SMILES string of the molecule is CC(C)NC(=O)c1c(N)nsc1NCCCn1cccn1. The predicted octanol–water partition coefficient (Wildman–Crippen LogP) is 1.56. The Morgan fingerprint density at radius 2 is 2.33 bits per heavy atom. The number of carbonyl (C=O) groups excluding carboxylic acids is 1. The zero-order valence-corrected chi connectivity index (χ0v) is 13.0. The Morgan fingerprint density at radius 3 is 3.00 bits per heavy atom. The minimum atomic E-state index is -0.189. The standard InChI is InChI=1S/C13H20N6OS/c1-9(2)17-12(20)10-11(14)18-21-13(10)15-5-3-7-19-8-4-6-16-19/h4,6,8-9,15H,3,5,7H2,1-2H3,(H2,14,18)(H,17,20). The van der Waals surface area contributed by atoms with Crippen LogP contribution in [0.4, 0.5) is 10.8 Å². The summed E-state index contributed by atoms with van der Waals surface area (Å²) in [6, 6.07) is 1.95. The van der Waals surface area contributed by atoms with Gasteiger partial charge in [0.2, 0.25) is 0 Å². The summed E-state index contributed by atoms with van der Waals surface area (Å²) in [5.74, 6) is 0.0820. The van der Waals surface area contributed by atoms with Crippen molar-refractivity contribution in [1.82, 2.24) is 19.5 Å². The highest BCUT2D eigenvalue weighted by Gasteiger charge is 2.19. The van der Waals surface area contributed by atoms with Gasteiger partial charge in [-0.15, -0.1) is 0 Å². The zero-order valence-electron chi connectivity index (χ0n) is 12.2. The zero-order chi connectivity index (χ0) is 15.2. The third-order valence-corrected chi connectivity index (χ3v) is 3.59. The van der Waals surface area contributed by atoms with Crippen LogP contribution in [0.25, 0.3) is 0 Å². The summed E-state index contributed by atoms with van der Waals surface area (Å²) in [6.07, 6.45) is 4.57. The fourth-order valence-electron chi connectivity index (χ4n) is 1.85. The maximum absolute atomic E-state index is 12.1. The van der Waals surface area contributed by atoms with Gasteiger partial charge in [0.1, 0.15) is 10.6 Å². The van der Waals surface area contributed by atoms with Gasteiger partial charge >= 0.3 is 0 Å². The number of carbonyl (C=O) groups is 1. The molecule has 0 saturated carbocycles. The molecule has 2 heterocycles. The number of nitrogens with two attached hydrogens (primary N) is 1. The average Bonchev–Trinajstić information content (AvgIpc) is 3.03. The van der Waals surface area contributed by atoms with E-state index in [9.17, 15) is 4.79 Å². The maximum Gasteiger partial charge on any atom is 0.258 e. The minimum Gasteiger partial charge on any atom is -0.382 e. The average molecular weight is 308 g/mol. The van der Waals surface area contributed by atoms with Crippen molar-refractivity contribution in [3.8, 4) is 0 Å². The smallest absolute Gasteiger partial charge is 0.258 e. The van der Waals surface area contributed by atoms with E-state index in [0.717, 1.165) is 19.5 Å². The number of amides is 1. The van der Waals surface area contributed by atoms with Crippen LogP contribution in [0.2, 0.25) is 0 Å². The first kappa shape index (κ1) is 15.3. The lowest BCUT2D eigenvalue weighted by molar-refractivity contribution is 0.0945. The number of nitrogen functional groups attached to an aromatic ring is 1. The molecule has 0 spiro atoms. The Kier molecular flexibility index (Phi) is 5.15. The number of nitrogens with zero attached hydrogens (tertiary/aromatic N) is 3. The molecule has 0 fully saturated rings. The van der Waals surface area contributed by atoms with Crippen LogP contribution in [0.5, 0.6) is 0 Å². The lowest BCUT2D eigenvalue weighted by Gasteiger charge is -2.10. The summed E-state index contributed by atoms with van der Waals surface area (Å²) in [5.41, 5.74) is 6.22. The molecule has 21 heavy (non-hydrogen) atoms. The molecule has 8 heteroatoms. The molecule has 0 radical (unpaired) electrons. The fourth-order valence-corrected chi connectivity index (χ4v) is 2.59. The highest BCUT2D eigenvalue weighted by atomic mass is 32.1. The van der Waals surface area contributed by atoms with Crippen LogP contribution < -0.4 is 16.4 Å². The van der Waals surface area contributed by atoms with Gasteiger partial charge in [-0.3, -0.25) is 9.48 Å². The Labute approximate surface area is 127 Å². The summed E-state index contributed by atoms with van der Waals surface area (Å²) in [7, 11) is 0. The topological polar surface area (TPSA) is 97.9 Å². The summed E-state index contributed by atoms with van der Waals surface area (Å²) in [5, 5.41) is 10.9. The fraction of sp³-hybridized carbons (Fsp3) is 0.462. The van der Waals surface area contributed by atoms with Crippen molar-refractivity contribution >= 4 is 28.3 Å². The number of aryl methyl sites for hydroxylation is 1. The van der Waals surface area contributed by atoms with E-state index in [0.29, 0.717) is 10.6 Å². The third-order valence-electron chi connectivity index (χ3n) is 2.77. The summed E-state index contributed by atoms with van der Waals surface area (Å²) in [4.78, 5) is 12.1. The number of hydrogen-bond acceptors (Lipinski definition) is 6. The molecule has 0 aromatic carbocycles. The van der Waals surface area contributed by atoms with E-state index in [-0.39, 0.29) is 17.8 Å². The molecule has 2 aromatic heterocycles. The molecule has 2 rings (SSSR count). The molecule has 2 aromatic rings. The van der Waals surface area contributed by atoms with Crippen molar-refractivity contribution in [2.45, 2.75) is 32.9 Å². The predicted molar refractivity (Wildman–Crippen MR) is 84.5 cm³/mol. The van der Waals surface area contributed by atoms with Crippen LogP contribution in [0.1, 0.15) is 30.6 Å². The minimum absolute atomic E-state index is 0.0597. The summed E-state index contributed by atoms with van der Waals surface area (Å²) < 4.78 is 5.92. The first-order chi connectivity index (χ1) is 10.1. The van der Waals surface area contributed by atoms with Crippen molar-refractivity contribution < 1.29 is 4.79 Å². The Hall–Kier alpha value is -2.09. The lowest BCUT2D eigenvalue weighted by Crippen LogP contribution is -2.30. The van der Waals surface area contributed by atoms with Crippen molar-refractivity contribution in [3.05, 3.63) is 24.0 Å². The van der Waals surface area contributed by atoms with Gasteiger partial charge in [-0.1, -0.05) is 0 Å². The van der Waals surface area contributed by atoms with Gasteiger partial charge in [-0.2, -0.15) is 9.47 Å². The molecule has 0 atom stereocenters. The second kappa shape index (κ2) is 7.07. The quantitative estimate of drug-likeness (QED) is 0.674. The first-order valence-corrected chi connectivity index (χ1v) is 7.62. The molecule has 4 N–H and O–H groups in total. The van der Waals surface area contributed by atoms with E-state index >= 15 is 0 Å². The third kappa shape index (κ3) is 4.19. The summed E-state index contributed by atoms with van der Waals surface area (Å²) in [6.45, 7) is 5.36. The van der Waals surface area contributed by atoms with Crippen molar-refractivity contribution in [2.24, 2.45) is 0 Å². The van der Waals surface area contributed by atoms with Crippen LogP contribution in [-0.2, 0) is 6.54 Å². The Morgan fingerprint density at radius 1 is 1.52 bits per heavy atom. The highest BCUT2D eigenvalue weighted by Crippen LogP contribution is 2.26. The van der Waals surface area contributed by atoms with Crippen LogP contribution in [0.15, 0.2) is 18.5 Å². The number of rotatable bonds is 7. The lowest BCUT2D eigenvalue weighted by atomic mass is 10.2.